The molecule has 0 saturated heterocycles. The van der Waals surface area contributed by atoms with E-state index in [1.165, 1.54) is 38.5 Å². The second-order valence-electron chi connectivity index (χ2n) is 8.88. The van der Waals surface area contributed by atoms with Gasteiger partial charge in [-0.3, -0.25) is 0 Å². The second-order valence-corrected chi connectivity index (χ2v) is 14.3. The Kier molecular flexibility index (Phi) is 8.82. The van der Waals surface area contributed by atoms with Gasteiger partial charge in [-0.05, 0) is 62.3 Å². The molecule has 0 spiro atoms. The molecular weight excluding hydrogens is 298 g/mol. The highest BCUT2D eigenvalue weighted by Gasteiger charge is 2.44. The van der Waals surface area contributed by atoms with Crippen LogP contribution in [-0.4, -0.2) is 40.0 Å². The summed E-state index contributed by atoms with van der Waals surface area (Å²) in [6, 6.07) is 0.759. The largest absolute Gasteiger partial charge is 0.416 e. The molecular formula is C20H43NOSi. The first-order valence-electron chi connectivity index (χ1n) is 10.0. The van der Waals surface area contributed by atoms with Gasteiger partial charge in [0.2, 0.25) is 0 Å². The van der Waals surface area contributed by atoms with Crippen molar-refractivity contribution in [1.29, 1.82) is 0 Å². The lowest BCUT2D eigenvalue weighted by atomic mass is 9.93. The molecule has 0 aromatic heterocycles. The Labute approximate surface area is 147 Å². The molecule has 0 aliphatic heterocycles. The molecule has 1 aliphatic carbocycles. The third-order valence-electron chi connectivity index (χ3n) is 6.31. The van der Waals surface area contributed by atoms with Crippen LogP contribution in [0.15, 0.2) is 0 Å². The van der Waals surface area contributed by atoms with E-state index in [2.05, 4.69) is 60.5 Å². The van der Waals surface area contributed by atoms with E-state index in [1.54, 1.807) is 0 Å². The van der Waals surface area contributed by atoms with Crippen LogP contribution in [0.4, 0.5) is 0 Å². The van der Waals surface area contributed by atoms with Gasteiger partial charge >= 0.3 is 0 Å². The minimum absolute atomic E-state index is 0.696. The Morgan fingerprint density at radius 1 is 0.913 bits per heavy atom. The summed E-state index contributed by atoms with van der Waals surface area (Å²) in [4.78, 5) is 2.47. The van der Waals surface area contributed by atoms with Crippen molar-refractivity contribution in [2.75, 3.05) is 20.7 Å². The van der Waals surface area contributed by atoms with E-state index < -0.39 is 8.32 Å². The Hall–Kier alpha value is 0.137. The molecule has 0 radical (unpaired) electrons. The van der Waals surface area contributed by atoms with Gasteiger partial charge in [-0.25, -0.2) is 0 Å². The smallest absolute Gasteiger partial charge is 0.200 e. The van der Waals surface area contributed by atoms with Gasteiger partial charge in [0.25, 0.3) is 0 Å². The highest BCUT2D eigenvalue weighted by Crippen LogP contribution is 2.42. The van der Waals surface area contributed by atoms with Crippen molar-refractivity contribution in [3.8, 4) is 0 Å². The van der Waals surface area contributed by atoms with Crippen molar-refractivity contribution in [3.05, 3.63) is 0 Å². The average Bonchev–Trinajstić information content (AvgIpc) is 2.94. The van der Waals surface area contributed by atoms with Crippen molar-refractivity contribution < 1.29 is 4.43 Å². The van der Waals surface area contributed by atoms with Crippen molar-refractivity contribution in [2.24, 2.45) is 5.92 Å². The molecule has 0 bridgehead atoms. The third kappa shape index (κ3) is 5.30. The third-order valence-corrected chi connectivity index (χ3v) is 12.4. The Bertz CT molecular complexity index is 300. The number of hydrogen-bond donors (Lipinski definition) is 0. The van der Waals surface area contributed by atoms with Crippen LogP contribution < -0.4 is 0 Å². The monoisotopic (exact) mass is 341 g/mol. The van der Waals surface area contributed by atoms with Crippen LogP contribution in [0.1, 0.15) is 80.1 Å². The maximum atomic E-state index is 6.73. The van der Waals surface area contributed by atoms with Crippen LogP contribution in [0.3, 0.4) is 0 Å². The number of nitrogens with zero attached hydrogens (tertiary/aromatic N) is 1. The first-order valence-corrected chi connectivity index (χ1v) is 12.2. The molecule has 1 rings (SSSR count). The van der Waals surface area contributed by atoms with Crippen molar-refractivity contribution in [3.63, 3.8) is 0 Å². The Morgan fingerprint density at radius 3 is 1.78 bits per heavy atom. The van der Waals surface area contributed by atoms with E-state index >= 15 is 0 Å². The van der Waals surface area contributed by atoms with Gasteiger partial charge in [0, 0.05) is 12.6 Å². The topological polar surface area (TPSA) is 12.5 Å². The summed E-state index contributed by atoms with van der Waals surface area (Å²) < 4.78 is 6.73. The maximum absolute atomic E-state index is 6.73. The molecule has 2 nitrogen and oxygen atoms in total. The molecule has 3 heteroatoms. The van der Waals surface area contributed by atoms with Crippen molar-refractivity contribution in [1.82, 2.24) is 4.90 Å². The van der Waals surface area contributed by atoms with E-state index in [1.807, 2.05) is 0 Å². The number of rotatable bonds is 10. The molecule has 1 saturated carbocycles. The van der Waals surface area contributed by atoms with E-state index in [4.69, 9.17) is 4.43 Å². The Morgan fingerprint density at radius 2 is 1.39 bits per heavy atom. The summed E-state index contributed by atoms with van der Waals surface area (Å²) in [5.41, 5.74) is 2.09. The molecule has 0 N–H and O–H groups in total. The van der Waals surface area contributed by atoms with Crippen LogP contribution in [0, 0.1) is 5.92 Å². The minimum atomic E-state index is -1.67. The molecule has 0 aromatic carbocycles. The zero-order valence-electron chi connectivity index (χ0n) is 17.2. The normalized spacial score (nSPS) is 18.8. The highest BCUT2D eigenvalue weighted by atomic mass is 28.4. The molecule has 1 atom stereocenters. The molecule has 138 valence electrons. The predicted molar refractivity (Wildman–Crippen MR) is 106 cm³/mol. The fourth-order valence-electron chi connectivity index (χ4n) is 5.30. The highest BCUT2D eigenvalue weighted by molar-refractivity contribution is 6.77. The van der Waals surface area contributed by atoms with E-state index in [0.717, 1.165) is 18.6 Å². The molecule has 23 heavy (non-hydrogen) atoms. The van der Waals surface area contributed by atoms with Gasteiger partial charge in [0.15, 0.2) is 8.32 Å². The lowest BCUT2D eigenvalue weighted by molar-refractivity contribution is 0.179. The minimum Gasteiger partial charge on any atom is -0.416 e. The second kappa shape index (κ2) is 9.58. The van der Waals surface area contributed by atoms with Crippen LogP contribution in [0.5, 0.6) is 0 Å². The molecule has 0 heterocycles. The summed E-state index contributed by atoms with van der Waals surface area (Å²) in [7, 11) is 2.85. The molecule has 1 aliphatic rings. The summed E-state index contributed by atoms with van der Waals surface area (Å²) in [5, 5.41) is 0. The maximum Gasteiger partial charge on any atom is 0.200 e. The summed E-state index contributed by atoms with van der Waals surface area (Å²) >= 11 is 0. The van der Waals surface area contributed by atoms with Gasteiger partial charge in [-0.2, -0.15) is 0 Å². The summed E-state index contributed by atoms with van der Waals surface area (Å²) in [6.45, 7) is 15.3. The number of hydrogen-bond acceptors (Lipinski definition) is 2. The van der Waals surface area contributed by atoms with E-state index in [-0.39, 0.29) is 0 Å². The van der Waals surface area contributed by atoms with Gasteiger partial charge in [0.1, 0.15) is 0 Å². The first-order chi connectivity index (χ1) is 10.7. The standard InChI is InChI=1S/C20H43NOSi/c1-16(2)23(17(3)4,18(5)6)22-15-11-14-20(21(7)8)19-12-9-10-13-19/h16-20H,9-15H2,1-8H3/t20-/m1/s1. The summed E-state index contributed by atoms with van der Waals surface area (Å²) in [6.07, 6.45) is 8.28. The Balaban J connectivity index is 2.55. The van der Waals surface area contributed by atoms with Crippen molar-refractivity contribution >= 4 is 8.32 Å². The van der Waals surface area contributed by atoms with Crippen LogP contribution in [-0.2, 0) is 4.43 Å². The quantitative estimate of drug-likeness (QED) is 0.353. The van der Waals surface area contributed by atoms with Gasteiger partial charge in [-0.1, -0.05) is 54.4 Å². The SMILES string of the molecule is CC(C)[Si](OCCC[C@H](C1CCCC1)N(C)C)(C(C)C)C(C)C. The van der Waals surface area contributed by atoms with Gasteiger partial charge in [-0.15, -0.1) is 0 Å². The molecule has 0 unspecified atom stereocenters. The van der Waals surface area contributed by atoms with E-state index in [0.29, 0.717) is 16.6 Å². The molecule has 0 amide bonds. The van der Waals surface area contributed by atoms with Crippen molar-refractivity contribution in [2.45, 2.75) is 103 Å². The van der Waals surface area contributed by atoms with Gasteiger partial charge < -0.3 is 9.33 Å². The zero-order chi connectivity index (χ0) is 17.6. The molecule has 1 fully saturated rings. The van der Waals surface area contributed by atoms with Gasteiger partial charge in [0.05, 0.1) is 0 Å². The van der Waals surface area contributed by atoms with E-state index in [9.17, 15) is 0 Å². The fourth-order valence-corrected chi connectivity index (χ4v) is 10.8. The van der Waals surface area contributed by atoms with Crippen LogP contribution >= 0.6 is 0 Å². The predicted octanol–water partition coefficient (Wildman–Crippen LogP) is 6.08. The fraction of sp³-hybridized carbons (Fsp3) is 1.00. The van der Waals surface area contributed by atoms with Crippen LogP contribution in [0.2, 0.25) is 16.6 Å². The first kappa shape index (κ1) is 21.2. The lowest BCUT2D eigenvalue weighted by Crippen LogP contribution is -2.48. The van der Waals surface area contributed by atoms with Crippen LogP contribution in [0.25, 0.3) is 0 Å². The lowest BCUT2D eigenvalue weighted by Gasteiger charge is -2.42. The zero-order valence-corrected chi connectivity index (χ0v) is 18.2. The summed E-state index contributed by atoms with van der Waals surface area (Å²) in [5.74, 6) is 0.923. The average molecular weight is 342 g/mol. The molecule has 0 aromatic rings.